The van der Waals surface area contributed by atoms with E-state index in [0.29, 0.717) is 23.1 Å². The minimum atomic E-state index is -0.915. The predicted octanol–water partition coefficient (Wildman–Crippen LogP) is 0.585. The molecule has 0 radical (unpaired) electrons. The van der Waals surface area contributed by atoms with Gasteiger partial charge in [-0.3, -0.25) is 9.59 Å². The molecule has 8 nitrogen and oxygen atoms in total. The number of unbranched alkanes of at least 4 members (excludes halogenated alkanes) is 1. The monoisotopic (exact) mass is 504 g/mol. The summed E-state index contributed by atoms with van der Waals surface area (Å²) >= 11 is 6.35. The van der Waals surface area contributed by atoms with Crippen LogP contribution in [0.2, 0.25) is 5.15 Å². The SMILES string of the molecule is CCCCc1nc(Cl)c(CC(=O)OC)n1Cc1ccc(NC(=O)c2ccccc2C(=N)[O-])cc1.[Na+]. The Kier molecular flexibility index (Phi) is 11.0. The van der Waals surface area contributed by atoms with E-state index in [1.807, 2.05) is 16.7 Å². The van der Waals surface area contributed by atoms with Crippen molar-refractivity contribution in [3.63, 3.8) is 0 Å². The summed E-state index contributed by atoms with van der Waals surface area (Å²) in [7, 11) is 1.33. The second kappa shape index (κ2) is 13.4. The Hall–Kier alpha value is -2.65. The van der Waals surface area contributed by atoms with Crippen molar-refractivity contribution < 1.29 is 49.0 Å². The van der Waals surface area contributed by atoms with Crippen molar-refractivity contribution >= 4 is 35.1 Å². The number of nitrogens with one attached hydrogen (secondary N) is 2. The van der Waals surface area contributed by atoms with Crippen LogP contribution in [0.5, 0.6) is 0 Å². The molecule has 2 aromatic carbocycles. The molecule has 2 N–H and O–H groups in total. The van der Waals surface area contributed by atoms with E-state index in [9.17, 15) is 14.7 Å². The molecule has 0 fully saturated rings. The molecular formula is C25H26ClN4NaO4. The van der Waals surface area contributed by atoms with Crippen molar-refractivity contribution in [2.75, 3.05) is 12.4 Å². The number of rotatable bonds is 10. The number of nitrogens with zero attached hydrogens (tertiary/aromatic N) is 2. The third kappa shape index (κ3) is 7.41. The molecule has 0 aliphatic carbocycles. The first-order valence-corrected chi connectivity index (χ1v) is 11.3. The van der Waals surface area contributed by atoms with Crippen LogP contribution in [0, 0.1) is 5.41 Å². The van der Waals surface area contributed by atoms with Gasteiger partial charge < -0.3 is 25.1 Å². The van der Waals surface area contributed by atoms with Crippen molar-refractivity contribution in [2.24, 2.45) is 0 Å². The summed E-state index contributed by atoms with van der Waals surface area (Å²) < 4.78 is 6.75. The summed E-state index contributed by atoms with van der Waals surface area (Å²) in [6.07, 6.45) is 2.70. The Morgan fingerprint density at radius 1 is 1.14 bits per heavy atom. The van der Waals surface area contributed by atoms with Crippen LogP contribution in [-0.4, -0.2) is 34.4 Å². The van der Waals surface area contributed by atoms with E-state index in [1.54, 1.807) is 24.3 Å². The third-order valence-electron chi connectivity index (χ3n) is 5.36. The van der Waals surface area contributed by atoms with Gasteiger partial charge in [0.15, 0.2) is 5.15 Å². The summed E-state index contributed by atoms with van der Waals surface area (Å²) in [4.78, 5) is 29.0. The fourth-order valence-corrected chi connectivity index (χ4v) is 3.82. The molecule has 3 rings (SSSR count). The van der Waals surface area contributed by atoms with Crippen molar-refractivity contribution in [3.05, 3.63) is 81.9 Å². The smallest absolute Gasteiger partial charge is 0.859 e. The van der Waals surface area contributed by atoms with Gasteiger partial charge in [-0.2, -0.15) is 0 Å². The van der Waals surface area contributed by atoms with Crippen LogP contribution < -0.4 is 40.0 Å². The van der Waals surface area contributed by atoms with Gasteiger partial charge in [0.25, 0.3) is 5.91 Å². The maximum absolute atomic E-state index is 12.6. The van der Waals surface area contributed by atoms with Crippen LogP contribution in [0.15, 0.2) is 48.5 Å². The summed E-state index contributed by atoms with van der Waals surface area (Å²) in [5.41, 5.74) is 2.27. The van der Waals surface area contributed by atoms with Crippen molar-refractivity contribution in [3.8, 4) is 0 Å². The molecule has 1 aromatic heterocycles. The van der Waals surface area contributed by atoms with E-state index in [0.717, 1.165) is 30.7 Å². The fourth-order valence-electron chi connectivity index (χ4n) is 3.55. The largest absolute Gasteiger partial charge is 1.00 e. The average Bonchev–Trinajstić information content (AvgIpc) is 3.12. The summed E-state index contributed by atoms with van der Waals surface area (Å²) in [6.45, 7) is 2.55. The first kappa shape index (κ1) is 28.6. The van der Waals surface area contributed by atoms with Crippen LogP contribution in [0.1, 0.15) is 52.8 Å². The van der Waals surface area contributed by atoms with Crippen LogP contribution in [0.4, 0.5) is 5.69 Å². The number of hydrogen-bond acceptors (Lipinski definition) is 6. The molecule has 0 saturated heterocycles. The Morgan fingerprint density at radius 2 is 1.80 bits per heavy atom. The van der Waals surface area contributed by atoms with Gasteiger partial charge in [0.1, 0.15) is 5.82 Å². The van der Waals surface area contributed by atoms with Gasteiger partial charge in [-0.1, -0.05) is 55.3 Å². The normalized spacial score (nSPS) is 10.4. The van der Waals surface area contributed by atoms with E-state index in [4.69, 9.17) is 21.7 Å². The maximum Gasteiger partial charge on any atom is 1.00 e. The Morgan fingerprint density at radius 3 is 2.40 bits per heavy atom. The van der Waals surface area contributed by atoms with E-state index >= 15 is 0 Å². The van der Waals surface area contributed by atoms with Crippen LogP contribution in [0.3, 0.4) is 0 Å². The number of hydrogen-bond donors (Lipinski definition) is 2. The fraction of sp³-hybridized carbons (Fsp3) is 0.280. The standard InChI is InChI=1S/C25H27ClN4O4.Na/c1-3-4-9-21-29-23(26)20(14-22(31)34-2)30(21)15-16-10-12-17(13-11-16)28-25(33)19-8-6-5-7-18(19)24(27)32;/h5-8,10-13H,3-4,9,14-15H2,1-2H3,(H2,27,32)(H,28,33);/q;+1/p-1. The van der Waals surface area contributed by atoms with Gasteiger partial charge in [-0.05, 0) is 41.6 Å². The number of ether oxygens (including phenoxy) is 1. The molecule has 1 amide bonds. The van der Waals surface area contributed by atoms with Crippen molar-refractivity contribution in [2.45, 2.75) is 39.2 Å². The number of aromatic nitrogens is 2. The average molecular weight is 505 g/mol. The quantitative estimate of drug-likeness (QED) is 0.181. The molecule has 0 atom stereocenters. The van der Waals surface area contributed by atoms with E-state index in [1.165, 1.54) is 19.2 Å². The van der Waals surface area contributed by atoms with Gasteiger partial charge in [0.05, 0.1) is 19.2 Å². The van der Waals surface area contributed by atoms with Crippen molar-refractivity contribution in [1.29, 1.82) is 5.41 Å². The molecular weight excluding hydrogens is 479 g/mol. The molecule has 35 heavy (non-hydrogen) atoms. The Labute approximate surface area is 231 Å². The number of carbonyl (C=O) groups is 2. The molecule has 0 bridgehead atoms. The molecule has 10 heteroatoms. The second-order valence-corrected chi connectivity index (χ2v) is 8.09. The number of halogens is 1. The van der Waals surface area contributed by atoms with Crippen LogP contribution >= 0.6 is 11.6 Å². The third-order valence-corrected chi connectivity index (χ3v) is 5.67. The number of imidazole rings is 1. The molecule has 0 aliphatic heterocycles. The first-order chi connectivity index (χ1) is 16.3. The van der Waals surface area contributed by atoms with Gasteiger partial charge in [0, 0.05) is 24.2 Å². The number of carbonyl (C=O) groups excluding carboxylic acids is 2. The molecule has 0 spiro atoms. The molecule has 3 aromatic rings. The minimum absolute atomic E-state index is 0. The van der Waals surface area contributed by atoms with Crippen LogP contribution in [-0.2, 0) is 28.9 Å². The number of amides is 1. The van der Waals surface area contributed by atoms with Gasteiger partial charge in [0.2, 0.25) is 0 Å². The zero-order chi connectivity index (χ0) is 24.7. The molecule has 0 saturated carbocycles. The topological polar surface area (TPSA) is 120 Å². The minimum Gasteiger partial charge on any atom is -0.859 e. The van der Waals surface area contributed by atoms with Crippen molar-refractivity contribution in [1.82, 2.24) is 9.55 Å². The number of anilines is 1. The Bertz CT molecular complexity index is 1190. The zero-order valence-corrected chi connectivity index (χ0v) is 22.8. The molecule has 178 valence electrons. The van der Waals surface area contributed by atoms with Gasteiger partial charge in [-0.25, -0.2) is 4.98 Å². The summed E-state index contributed by atoms with van der Waals surface area (Å²) in [5.74, 6) is -0.969. The van der Waals surface area contributed by atoms with E-state index in [-0.39, 0.29) is 47.1 Å². The van der Waals surface area contributed by atoms with Gasteiger partial charge in [-0.15, -0.1) is 0 Å². The first-order valence-electron chi connectivity index (χ1n) is 10.9. The summed E-state index contributed by atoms with van der Waals surface area (Å²) in [5, 5.41) is 21.9. The summed E-state index contributed by atoms with van der Waals surface area (Å²) in [6, 6.07) is 13.4. The van der Waals surface area contributed by atoms with E-state index < -0.39 is 17.8 Å². The van der Waals surface area contributed by atoms with E-state index in [2.05, 4.69) is 17.2 Å². The zero-order valence-electron chi connectivity index (χ0n) is 20.1. The Balaban J connectivity index is 0.00000432. The number of esters is 1. The molecule has 1 heterocycles. The molecule has 0 unspecified atom stereocenters. The number of aryl methyl sites for hydroxylation is 1. The maximum atomic E-state index is 12.6. The van der Waals surface area contributed by atoms with Crippen LogP contribution in [0.25, 0.3) is 0 Å². The number of benzene rings is 2. The second-order valence-electron chi connectivity index (χ2n) is 7.73. The molecule has 0 aliphatic rings. The van der Waals surface area contributed by atoms with Gasteiger partial charge >= 0.3 is 35.5 Å². The predicted molar refractivity (Wildman–Crippen MR) is 128 cm³/mol. The number of methoxy groups -OCH3 is 1.